The van der Waals surface area contributed by atoms with Crippen LogP contribution >= 0.6 is 0 Å². The number of hydrogen-bond acceptors (Lipinski definition) is 1. The van der Waals surface area contributed by atoms with E-state index in [4.69, 9.17) is 0 Å². The van der Waals surface area contributed by atoms with E-state index in [9.17, 15) is 13.6 Å². The average molecular weight is 210 g/mol. The van der Waals surface area contributed by atoms with Crippen molar-refractivity contribution in [3.8, 4) is 0 Å². The molecule has 0 aromatic heterocycles. The van der Waals surface area contributed by atoms with Crippen LogP contribution in [0, 0.1) is 0 Å². The van der Waals surface area contributed by atoms with Crippen molar-refractivity contribution in [2.75, 3.05) is 0 Å². The molecule has 80 valence electrons. The van der Waals surface area contributed by atoms with Gasteiger partial charge in [-0.2, -0.15) is 0 Å². The van der Waals surface area contributed by atoms with E-state index in [0.29, 0.717) is 24.0 Å². The van der Waals surface area contributed by atoms with Crippen LogP contribution in [-0.2, 0) is 5.41 Å². The molecule has 0 spiro atoms. The number of Topliss-reactive ketones (excluding diaryl/α,β-unsaturated/α-hetero) is 1. The highest BCUT2D eigenvalue weighted by atomic mass is 19.3. The summed E-state index contributed by atoms with van der Waals surface area (Å²) in [4.78, 5) is 11.0. The third kappa shape index (κ3) is 1.66. The molecule has 0 unspecified atom stereocenters. The third-order valence-electron chi connectivity index (χ3n) is 3.07. The normalized spacial score (nSPS) is 17.9. The third-order valence-corrected chi connectivity index (χ3v) is 3.07. The Morgan fingerprint density at radius 1 is 1.27 bits per heavy atom. The molecule has 0 saturated heterocycles. The first kappa shape index (κ1) is 10.3. The van der Waals surface area contributed by atoms with Crippen LogP contribution in [0.5, 0.6) is 0 Å². The summed E-state index contributed by atoms with van der Waals surface area (Å²) in [5, 5.41) is 0. The van der Waals surface area contributed by atoms with Crippen molar-refractivity contribution in [1.82, 2.24) is 0 Å². The van der Waals surface area contributed by atoms with Gasteiger partial charge in [-0.15, -0.1) is 0 Å². The van der Waals surface area contributed by atoms with Gasteiger partial charge in [0.15, 0.2) is 5.78 Å². The van der Waals surface area contributed by atoms with Gasteiger partial charge in [-0.1, -0.05) is 24.3 Å². The minimum Gasteiger partial charge on any atom is -0.295 e. The van der Waals surface area contributed by atoms with Crippen LogP contribution < -0.4 is 0 Å². The monoisotopic (exact) mass is 210 g/mol. The quantitative estimate of drug-likeness (QED) is 0.700. The van der Waals surface area contributed by atoms with Crippen LogP contribution in [0.15, 0.2) is 24.3 Å². The number of rotatable bonds is 3. The highest BCUT2D eigenvalue weighted by Gasteiger charge is 2.52. The molecule has 1 nitrogen and oxygen atoms in total. The molecule has 0 aliphatic heterocycles. The fraction of sp³-hybridized carbons (Fsp3) is 0.417. The number of hydrogen-bond donors (Lipinski definition) is 0. The highest BCUT2D eigenvalue weighted by Crippen LogP contribution is 2.52. The van der Waals surface area contributed by atoms with Crippen molar-refractivity contribution >= 4 is 5.78 Å². The van der Waals surface area contributed by atoms with Crippen molar-refractivity contribution < 1.29 is 13.6 Å². The molecule has 0 amide bonds. The first-order valence-electron chi connectivity index (χ1n) is 4.96. The number of carbonyl (C=O) groups excluding carboxylic acids is 1. The van der Waals surface area contributed by atoms with E-state index in [2.05, 4.69) is 0 Å². The zero-order valence-corrected chi connectivity index (χ0v) is 8.47. The molecular formula is C12H12F2O. The lowest BCUT2D eigenvalue weighted by atomic mass is 9.95. The van der Waals surface area contributed by atoms with Crippen molar-refractivity contribution in [1.29, 1.82) is 0 Å². The maximum Gasteiger partial charge on any atom is 0.248 e. The molecule has 0 N–H and O–H groups in total. The Balaban J connectivity index is 2.28. The summed E-state index contributed by atoms with van der Waals surface area (Å²) in [7, 11) is 0. The summed E-state index contributed by atoms with van der Waals surface area (Å²) >= 11 is 0. The molecular weight excluding hydrogens is 198 g/mol. The van der Waals surface area contributed by atoms with Crippen molar-refractivity contribution in [3.63, 3.8) is 0 Å². The Bertz CT molecular complexity index is 377. The molecule has 0 heterocycles. The number of benzene rings is 1. The molecule has 1 aromatic rings. The maximum atomic E-state index is 12.8. The summed E-state index contributed by atoms with van der Waals surface area (Å²) in [6.45, 7) is 1.47. The van der Waals surface area contributed by atoms with E-state index in [0.717, 1.165) is 0 Å². The first-order valence-corrected chi connectivity index (χ1v) is 4.96. The zero-order chi connectivity index (χ0) is 11.1. The summed E-state index contributed by atoms with van der Waals surface area (Å²) < 4.78 is 25.5. The van der Waals surface area contributed by atoms with Gasteiger partial charge >= 0.3 is 0 Å². The van der Waals surface area contributed by atoms with E-state index in [1.165, 1.54) is 6.92 Å². The molecule has 15 heavy (non-hydrogen) atoms. The molecule has 1 aliphatic rings. The number of halogens is 2. The second-order valence-electron chi connectivity index (χ2n) is 4.09. The van der Waals surface area contributed by atoms with E-state index in [-0.39, 0.29) is 5.78 Å². The average Bonchev–Trinajstić information content (AvgIpc) is 2.98. The van der Waals surface area contributed by atoms with Gasteiger partial charge in [0.2, 0.25) is 6.43 Å². The van der Waals surface area contributed by atoms with Gasteiger partial charge in [-0.3, -0.25) is 4.79 Å². The van der Waals surface area contributed by atoms with E-state index in [1.807, 2.05) is 0 Å². The van der Waals surface area contributed by atoms with Gasteiger partial charge < -0.3 is 0 Å². The lowest BCUT2D eigenvalue weighted by Gasteiger charge is -2.14. The molecule has 0 atom stereocenters. The fourth-order valence-electron chi connectivity index (χ4n) is 1.80. The molecule has 1 aliphatic carbocycles. The maximum absolute atomic E-state index is 12.8. The van der Waals surface area contributed by atoms with Crippen LogP contribution in [0.2, 0.25) is 0 Å². The fourth-order valence-corrected chi connectivity index (χ4v) is 1.80. The summed E-state index contributed by atoms with van der Waals surface area (Å²) in [5.41, 5.74) is 0.307. The van der Waals surface area contributed by atoms with Gasteiger partial charge in [0, 0.05) is 5.56 Å². The first-order chi connectivity index (χ1) is 7.06. The van der Waals surface area contributed by atoms with Crippen LogP contribution in [0.25, 0.3) is 0 Å². The van der Waals surface area contributed by atoms with Crippen molar-refractivity contribution in [2.24, 2.45) is 0 Å². The Morgan fingerprint density at radius 2 is 1.80 bits per heavy atom. The lowest BCUT2D eigenvalue weighted by Crippen LogP contribution is -2.17. The molecule has 0 bridgehead atoms. The predicted octanol–water partition coefficient (Wildman–Crippen LogP) is 3.19. The molecule has 3 heteroatoms. The van der Waals surface area contributed by atoms with Gasteiger partial charge in [0.25, 0.3) is 0 Å². The minimum atomic E-state index is -2.30. The standard InChI is InChI=1S/C12H12F2O/c1-8(15)9-2-4-10(5-3-9)12(6-7-12)11(13)14/h2-5,11H,6-7H2,1H3. The Kier molecular flexibility index (Phi) is 2.33. The highest BCUT2D eigenvalue weighted by molar-refractivity contribution is 5.94. The second-order valence-corrected chi connectivity index (χ2v) is 4.09. The van der Waals surface area contributed by atoms with Crippen LogP contribution in [0.3, 0.4) is 0 Å². The predicted molar refractivity (Wildman–Crippen MR) is 53.4 cm³/mol. The molecule has 1 fully saturated rings. The van der Waals surface area contributed by atoms with Crippen molar-refractivity contribution in [3.05, 3.63) is 35.4 Å². The van der Waals surface area contributed by atoms with Gasteiger partial charge in [-0.05, 0) is 25.3 Å². The number of ketones is 1. The zero-order valence-electron chi connectivity index (χ0n) is 8.47. The number of carbonyl (C=O) groups is 1. The van der Waals surface area contributed by atoms with Gasteiger partial charge in [0.1, 0.15) is 0 Å². The summed E-state index contributed by atoms with van der Waals surface area (Å²) in [6.07, 6.45) is -1.21. The lowest BCUT2D eigenvalue weighted by molar-refractivity contribution is 0.101. The summed E-state index contributed by atoms with van der Waals surface area (Å²) in [6, 6.07) is 6.55. The van der Waals surface area contributed by atoms with E-state index >= 15 is 0 Å². The Hall–Kier alpha value is -1.25. The van der Waals surface area contributed by atoms with Crippen molar-refractivity contribution in [2.45, 2.75) is 31.6 Å². The molecule has 1 aromatic carbocycles. The molecule has 2 rings (SSSR count). The number of alkyl halides is 2. The summed E-state index contributed by atoms with van der Waals surface area (Å²) in [5.74, 6) is -0.0385. The largest absolute Gasteiger partial charge is 0.295 e. The Morgan fingerprint density at radius 3 is 2.13 bits per heavy atom. The van der Waals surface area contributed by atoms with E-state index < -0.39 is 11.8 Å². The van der Waals surface area contributed by atoms with E-state index in [1.54, 1.807) is 24.3 Å². The molecule has 1 saturated carbocycles. The van der Waals surface area contributed by atoms with Crippen LogP contribution in [0.4, 0.5) is 8.78 Å². The topological polar surface area (TPSA) is 17.1 Å². The second kappa shape index (κ2) is 3.40. The van der Waals surface area contributed by atoms with Gasteiger partial charge in [-0.25, -0.2) is 8.78 Å². The van der Waals surface area contributed by atoms with Crippen LogP contribution in [0.1, 0.15) is 35.7 Å². The van der Waals surface area contributed by atoms with Crippen LogP contribution in [-0.4, -0.2) is 12.2 Å². The van der Waals surface area contributed by atoms with Gasteiger partial charge in [0.05, 0.1) is 5.41 Å². The minimum absolute atomic E-state index is 0.0385. The smallest absolute Gasteiger partial charge is 0.248 e. The Labute approximate surface area is 87.1 Å². The molecule has 0 radical (unpaired) electrons. The SMILES string of the molecule is CC(=O)c1ccc(C2(C(F)F)CC2)cc1.